The van der Waals surface area contributed by atoms with Crippen LogP contribution in [0.4, 0.5) is 13.2 Å². The molecule has 0 fully saturated rings. The zero-order chi connectivity index (χ0) is 15.6. The SMILES string of the molecule is NNC(c1ccc(Br)cc1Cl)c1ccccc1C(F)(F)F. The Balaban J connectivity index is 2.57. The van der Waals surface area contributed by atoms with Gasteiger partial charge in [0.1, 0.15) is 0 Å². The van der Waals surface area contributed by atoms with Crippen LogP contribution in [0.15, 0.2) is 46.9 Å². The molecule has 0 heterocycles. The van der Waals surface area contributed by atoms with Crippen LogP contribution in [0.3, 0.4) is 0 Å². The highest BCUT2D eigenvalue weighted by Crippen LogP contribution is 2.38. The third kappa shape index (κ3) is 3.58. The average molecular weight is 380 g/mol. The molecule has 112 valence electrons. The number of hydrogen-bond donors (Lipinski definition) is 2. The molecule has 0 aliphatic rings. The van der Waals surface area contributed by atoms with Crippen LogP contribution in [0, 0.1) is 0 Å². The molecule has 0 amide bonds. The first-order valence-electron chi connectivity index (χ1n) is 5.91. The molecule has 0 spiro atoms. The van der Waals surface area contributed by atoms with E-state index in [4.69, 9.17) is 17.4 Å². The Morgan fingerprint density at radius 3 is 2.33 bits per heavy atom. The lowest BCUT2D eigenvalue weighted by Crippen LogP contribution is -2.30. The standard InChI is InChI=1S/C14H11BrClF3N2/c15-8-5-6-10(12(16)7-8)13(21-20)9-3-1-2-4-11(9)14(17,18)19/h1-7,13,21H,20H2. The number of halogens is 5. The molecule has 21 heavy (non-hydrogen) atoms. The fraction of sp³-hybridized carbons (Fsp3) is 0.143. The van der Waals surface area contributed by atoms with Crippen molar-refractivity contribution in [2.75, 3.05) is 0 Å². The highest BCUT2D eigenvalue weighted by Gasteiger charge is 2.35. The summed E-state index contributed by atoms with van der Waals surface area (Å²) in [5.41, 5.74) is 2.16. The maximum absolute atomic E-state index is 13.1. The molecule has 1 atom stereocenters. The van der Waals surface area contributed by atoms with Crippen molar-refractivity contribution < 1.29 is 13.2 Å². The summed E-state index contributed by atoms with van der Waals surface area (Å²) in [7, 11) is 0. The summed E-state index contributed by atoms with van der Waals surface area (Å²) in [5.74, 6) is 5.47. The highest BCUT2D eigenvalue weighted by molar-refractivity contribution is 9.10. The fourth-order valence-corrected chi connectivity index (χ4v) is 2.87. The van der Waals surface area contributed by atoms with Crippen LogP contribution in [0.5, 0.6) is 0 Å². The molecule has 1 unspecified atom stereocenters. The second kappa shape index (κ2) is 6.36. The van der Waals surface area contributed by atoms with Gasteiger partial charge in [-0.3, -0.25) is 5.84 Å². The number of hydrogen-bond acceptors (Lipinski definition) is 2. The number of hydrazine groups is 1. The van der Waals surface area contributed by atoms with Gasteiger partial charge in [0.2, 0.25) is 0 Å². The lowest BCUT2D eigenvalue weighted by Gasteiger charge is -2.22. The van der Waals surface area contributed by atoms with E-state index in [9.17, 15) is 13.2 Å². The van der Waals surface area contributed by atoms with Crippen molar-refractivity contribution in [2.24, 2.45) is 5.84 Å². The van der Waals surface area contributed by atoms with Gasteiger partial charge in [-0.25, -0.2) is 5.43 Å². The van der Waals surface area contributed by atoms with Crippen LogP contribution in [-0.4, -0.2) is 0 Å². The second-order valence-electron chi connectivity index (χ2n) is 4.35. The Hall–Kier alpha value is -1.08. The number of benzene rings is 2. The smallest absolute Gasteiger partial charge is 0.271 e. The lowest BCUT2D eigenvalue weighted by molar-refractivity contribution is -0.138. The lowest BCUT2D eigenvalue weighted by atomic mass is 9.94. The quantitative estimate of drug-likeness (QED) is 0.600. The average Bonchev–Trinajstić information content (AvgIpc) is 2.41. The molecule has 2 nitrogen and oxygen atoms in total. The Morgan fingerprint density at radius 1 is 1.10 bits per heavy atom. The van der Waals surface area contributed by atoms with E-state index in [1.165, 1.54) is 18.2 Å². The summed E-state index contributed by atoms with van der Waals surface area (Å²) in [6.45, 7) is 0. The molecule has 7 heteroatoms. The second-order valence-corrected chi connectivity index (χ2v) is 5.67. The Kier molecular flexibility index (Phi) is 4.93. The van der Waals surface area contributed by atoms with Crippen molar-refractivity contribution in [1.29, 1.82) is 0 Å². The van der Waals surface area contributed by atoms with E-state index < -0.39 is 17.8 Å². The number of alkyl halides is 3. The van der Waals surface area contributed by atoms with E-state index in [0.717, 1.165) is 10.5 Å². The molecule has 0 aliphatic heterocycles. The molecule has 2 aromatic carbocycles. The van der Waals surface area contributed by atoms with Crippen molar-refractivity contribution >= 4 is 27.5 Å². The molecule has 2 rings (SSSR count). The summed E-state index contributed by atoms with van der Waals surface area (Å²) >= 11 is 9.37. The van der Waals surface area contributed by atoms with Crippen LogP contribution >= 0.6 is 27.5 Å². The maximum atomic E-state index is 13.1. The minimum absolute atomic E-state index is 0.0247. The topological polar surface area (TPSA) is 38.0 Å². The summed E-state index contributed by atoms with van der Waals surface area (Å²) in [6, 6.07) is 9.34. The molecular weight excluding hydrogens is 369 g/mol. The first-order valence-corrected chi connectivity index (χ1v) is 7.09. The largest absolute Gasteiger partial charge is 0.416 e. The molecule has 0 saturated carbocycles. The number of rotatable bonds is 3. The maximum Gasteiger partial charge on any atom is 0.416 e. The van der Waals surface area contributed by atoms with Gasteiger partial charge in [-0.2, -0.15) is 13.2 Å². The highest BCUT2D eigenvalue weighted by atomic mass is 79.9. The van der Waals surface area contributed by atoms with Gasteiger partial charge in [-0.1, -0.05) is 51.8 Å². The Bertz CT molecular complexity index is 646. The van der Waals surface area contributed by atoms with E-state index >= 15 is 0 Å². The first-order chi connectivity index (χ1) is 9.84. The van der Waals surface area contributed by atoms with E-state index in [0.29, 0.717) is 10.6 Å². The molecular formula is C14H11BrClF3N2. The van der Waals surface area contributed by atoms with Crippen LogP contribution in [0.1, 0.15) is 22.7 Å². The van der Waals surface area contributed by atoms with Crippen molar-refractivity contribution in [2.45, 2.75) is 12.2 Å². The van der Waals surface area contributed by atoms with Gasteiger partial charge in [0.25, 0.3) is 0 Å². The minimum Gasteiger partial charge on any atom is -0.271 e. The van der Waals surface area contributed by atoms with Gasteiger partial charge in [-0.15, -0.1) is 0 Å². The van der Waals surface area contributed by atoms with Gasteiger partial charge in [0, 0.05) is 9.50 Å². The van der Waals surface area contributed by atoms with Crippen molar-refractivity contribution in [3.63, 3.8) is 0 Å². The summed E-state index contributed by atoms with van der Waals surface area (Å²) in [4.78, 5) is 0. The van der Waals surface area contributed by atoms with Gasteiger partial charge in [0.05, 0.1) is 11.6 Å². The summed E-state index contributed by atoms with van der Waals surface area (Å²) in [5, 5.41) is 0.323. The number of nitrogens with one attached hydrogen (secondary N) is 1. The first kappa shape index (κ1) is 16.3. The third-order valence-corrected chi connectivity index (χ3v) is 3.84. The van der Waals surface area contributed by atoms with Gasteiger partial charge < -0.3 is 0 Å². The zero-order valence-corrected chi connectivity index (χ0v) is 12.9. The molecule has 0 aliphatic carbocycles. The molecule has 2 aromatic rings. The van der Waals surface area contributed by atoms with Crippen LogP contribution in [0.25, 0.3) is 0 Å². The van der Waals surface area contributed by atoms with E-state index in [1.54, 1.807) is 18.2 Å². The van der Waals surface area contributed by atoms with Gasteiger partial charge in [-0.05, 0) is 29.3 Å². The Morgan fingerprint density at radius 2 is 1.76 bits per heavy atom. The van der Waals surface area contributed by atoms with Crippen molar-refractivity contribution in [3.05, 3.63) is 68.7 Å². The monoisotopic (exact) mass is 378 g/mol. The Labute approximate surface area is 133 Å². The minimum atomic E-state index is -4.46. The van der Waals surface area contributed by atoms with Crippen molar-refractivity contribution in [3.8, 4) is 0 Å². The zero-order valence-electron chi connectivity index (χ0n) is 10.6. The normalized spacial score (nSPS) is 13.2. The molecule has 0 saturated heterocycles. The summed E-state index contributed by atoms with van der Waals surface area (Å²) in [6.07, 6.45) is -4.46. The molecule has 0 aromatic heterocycles. The molecule has 3 N–H and O–H groups in total. The van der Waals surface area contributed by atoms with E-state index in [-0.39, 0.29) is 5.56 Å². The van der Waals surface area contributed by atoms with Crippen LogP contribution in [-0.2, 0) is 6.18 Å². The van der Waals surface area contributed by atoms with Crippen molar-refractivity contribution in [1.82, 2.24) is 5.43 Å². The van der Waals surface area contributed by atoms with Gasteiger partial charge in [0.15, 0.2) is 0 Å². The van der Waals surface area contributed by atoms with Gasteiger partial charge >= 0.3 is 6.18 Å². The van der Waals surface area contributed by atoms with E-state index in [2.05, 4.69) is 21.4 Å². The van der Waals surface area contributed by atoms with Crippen LogP contribution in [0.2, 0.25) is 5.02 Å². The van der Waals surface area contributed by atoms with E-state index in [1.807, 2.05) is 0 Å². The van der Waals surface area contributed by atoms with Crippen LogP contribution < -0.4 is 11.3 Å². The fourth-order valence-electron chi connectivity index (χ4n) is 2.09. The predicted octanol–water partition coefficient (Wildman–Crippen LogP) is 4.67. The predicted molar refractivity (Wildman–Crippen MR) is 79.8 cm³/mol. The molecule has 0 bridgehead atoms. The third-order valence-electron chi connectivity index (χ3n) is 3.02. The summed E-state index contributed by atoms with van der Waals surface area (Å²) < 4.78 is 40.1. The number of nitrogens with two attached hydrogens (primary N) is 1. The molecule has 0 radical (unpaired) electrons.